The van der Waals surface area contributed by atoms with Crippen LogP contribution in [0.15, 0.2) is 0 Å². The van der Waals surface area contributed by atoms with Crippen LogP contribution in [0.2, 0.25) is 0 Å². The van der Waals surface area contributed by atoms with Crippen molar-refractivity contribution in [2.45, 2.75) is 32.6 Å². The van der Waals surface area contributed by atoms with Crippen molar-refractivity contribution in [3.8, 4) is 0 Å². The van der Waals surface area contributed by atoms with E-state index < -0.39 is 0 Å². The molecule has 3 nitrogen and oxygen atoms in total. The molecule has 1 fully saturated rings. The van der Waals surface area contributed by atoms with Crippen molar-refractivity contribution >= 4 is 5.82 Å². The standard InChI is InChI=1S/C9H13N3/c1-5-8(7-3-4-7)11-6(2)12-9(5)10/h7H,3-4H2,1-2H3,(H2,10,11,12). The molecular formula is C9H13N3. The molecule has 64 valence electrons. The van der Waals surface area contributed by atoms with Gasteiger partial charge in [-0.3, -0.25) is 0 Å². The minimum atomic E-state index is 0.643. The van der Waals surface area contributed by atoms with Gasteiger partial charge in [0.15, 0.2) is 0 Å². The summed E-state index contributed by atoms with van der Waals surface area (Å²) in [5.41, 5.74) is 7.97. The van der Waals surface area contributed by atoms with Gasteiger partial charge in [-0.15, -0.1) is 0 Å². The normalized spacial score (nSPS) is 16.5. The van der Waals surface area contributed by atoms with Crippen molar-refractivity contribution in [3.63, 3.8) is 0 Å². The van der Waals surface area contributed by atoms with Crippen LogP contribution in [-0.4, -0.2) is 9.97 Å². The zero-order chi connectivity index (χ0) is 8.72. The zero-order valence-corrected chi connectivity index (χ0v) is 7.46. The molecule has 1 aliphatic carbocycles. The number of hydrogen-bond acceptors (Lipinski definition) is 3. The maximum Gasteiger partial charge on any atom is 0.130 e. The molecule has 2 rings (SSSR count). The average Bonchev–Trinajstić information content (AvgIpc) is 2.79. The summed E-state index contributed by atoms with van der Waals surface area (Å²) >= 11 is 0. The Morgan fingerprint density at radius 2 is 1.92 bits per heavy atom. The highest BCUT2D eigenvalue weighted by Crippen LogP contribution is 2.41. The first-order valence-corrected chi connectivity index (χ1v) is 4.29. The first-order chi connectivity index (χ1) is 5.68. The second kappa shape index (κ2) is 2.44. The molecule has 12 heavy (non-hydrogen) atoms. The lowest BCUT2D eigenvalue weighted by molar-refractivity contribution is 0.924. The molecule has 1 heterocycles. The maximum absolute atomic E-state index is 5.74. The van der Waals surface area contributed by atoms with Crippen molar-refractivity contribution in [1.82, 2.24) is 9.97 Å². The van der Waals surface area contributed by atoms with Gasteiger partial charge in [-0.1, -0.05) is 0 Å². The van der Waals surface area contributed by atoms with E-state index in [2.05, 4.69) is 9.97 Å². The molecule has 1 aliphatic rings. The molecule has 1 aromatic rings. The van der Waals surface area contributed by atoms with Gasteiger partial charge in [0.2, 0.25) is 0 Å². The van der Waals surface area contributed by atoms with E-state index in [0.717, 1.165) is 11.4 Å². The molecule has 0 aromatic carbocycles. The number of aryl methyl sites for hydroxylation is 1. The van der Waals surface area contributed by atoms with Gasteiger partial charge in [-0.25, -0.2) is 9.97 Å². The first kappa shape index (κ1) is 7.53. The van der Waals surface area contributed by atoms with Gasteiger partial charge in [-0.2, -0.15) is 0 Å². The Labute approximate surface area is 72.0 Å². The topological polar surface area (TPSA) is 51.8 Å². The van der Waals surface area contributed by atoms with Gasteiger partial charge in [0.05, 0.1) is 5.69 Å². The number of hydrogen-bond donors (Lipinski definition) is 1. The summed E-state index contributed by atoms with van der Waals surface area (Å²) in [7, 11) is 0. The molecule has 0 saturated heterocycles. The molecule has 0 radical (unpaired) electrons. The van der Waals surface area contributed by atoms with Crippen molar-refractivity contribution in [2.75, 3.05) is 5.73 Å². The SMILES string of the molecule is Cc1nc(N)c(C)c(C2CC2)n1. The number of rotatable bonds is 1. The fraction of sp³-hybridized carbons (Fsp3) is 0.556. The van der Waals surface area contributed by atoms with Crippen LogP contribution in [0.1, 0.15) is 35.8 Å². The molecule has 1 saturated carbocycles. The van der Waals surface area contributed by atoms with Crippen LogP contribution in [0.4, 0.5) is 5.82 Å². The van der Waals surface area contributed by atoms with E-state index in [-0.39, 0.29) is 0 Å². The molecule has 2 N–H and O–H groups in total. The molecule has 1 aromatic heterocycles. The number of nitrogen functional groups attached to an aromatic ring is 1. The maximum atomic E-state index is 5.74. The predicted octanol–water partition coefficient (Wildman–Crippen LogP) is 1.55. The van der Waals surface area contributed by atoms with Gasteiger partial charge in [-0.05, 0) is 26.7 Å². The Morgan fingerprint density at radius 1 is 1.25 bits per heavy atom. The summed E-state index contributed by atoms with van der Waals surface area (Å²) in [6, 6.07) is 0. The summed E-state index contributed by atoms with van der Waals surface area (Å²) in [5.74, 6) is 2.10. The van der Waals surface area contributed by atoms with Gasteiger partial charge in [0, 0.05) is 11.5 Å². The fourth-order valence-electron chi connectivity index (χ4n) is 1.43. The van der Waals surface area contributed by atoms with Crippen LogP contribution in [0.5, 0.6) is 0 Å². The Hall–Kier alpha value is -1.12. The largest absolute Gasteiger partial charge is 0.383 e. The zero-order valence-electron chi connectivity index (χ0n) is 7.46. The smallest absolute Gasteiger partial charge is 0.130 e. The van der Waals surface area contributed by atoms with Gasteiger partial charge in [0.1, 0.15) is 11.6 Å². The summed E-state index contributed by atoms with van der Waals surface area (Å²) < 4.78 is 0. The number of nitrogens with zero attached hydrogens (tertiary/aromatic N) is 2. The van der Waals surface area contributed by atoms with Gasteiger partial charge >= 0.3 is 0 Å². The van der Waals surface area contributed by atoms with E-state index in [1.807, 2.05) is 13.8 Å². The molecule has 0 atom stereocenters. The van der Waals surface area contributed by atoms with E-state index in [0.29, 0.717) is 11.7 Å². The summed E-state index contributed by atoms with van der Waals surface area (Å²) in [6.07, 6.45) is 2.52. The third-order valence-corrected chi connectivity index (χ3v) is 2.30. The van der Waals surface area contributed by atoms with E-state index in [1.54, 1.807) is 0 Å². The predicted molar refractivity (Wildman–Crippen MR) is 47.9 cm³/mol. The summed E-state index contributed by atoms with van der Waals surface area (Å²) in [4.78, 5) is 8.52. The molecule has 0 spiro atoms. The molecule has 0 amide bonds. The second-order valence-corrected chi connectivity index (χ2v) is 3.44. The molecule has 0 aliphatic heterocycles. The van der Waals surface area contributed by atoms with E-state index in [9.17, 15) is 0 Å². The molecule has 0 unspecified atom stereocenters. The first-order valence-electron chi connectivity index (χ1n) is 4.29. The highest BCUT2D eigenvalue weighted by atomic mass is 15.0. The quantitative estimate of drug-likeness (QED) is 0.683. The Bertz CT molecular complexity index is 316. The Balaban J connectivity index is 2.51. The van der Waals surface area contributed by atoms with Crippen LogP contribution in [0.25, 0.3) is 0 Å². The average molecular weight is 163 g/mol. The minimum absolute atomic E-state index is 0.643. The Morgan fingerprint density at radius 3 is 2.50 bits per heavy atom. The highest BCUT2D eigenvalue weighted by Gasteiger charge is 2.27. The van der Waals surface area contributed by atoms with E-state index >= 15 is 0 Å². The monoisotopic (exact) mass is 163 g/mol. The number of aromatic nitrogens is 2. The van der Waals surface area contributed by atoms with Crippen LogP contribution >= 0.6 is 0 Å². The fourth-order valence-corrected chi connectivity index (χ4v) is 1.43. The van der Waals surface area contributed by atoms with Crippen LogP contribution in [0, 0.1) is 13.8 Å². The molecular weight excluding hydrogens is 150 g/mol. The molecule has 0 bridgehead atoms. The number of anilines is 1. The summed E-state index contributed by atoms with van der Waals surface area (Å²) in [6.45, 7) is 3.89. The van der Waals surface area contributed by atoms with E-state index in [1.165, 1.54) is 18.5 Å². The van der Waals surface area contributed by atoms with Crippen LogP contribution < -0.4 is 5.73 Å². The highest BCUT2D eigenvalue weighted by molar-refractivity contribution is 5.43. The van der Waals surface area contributed by atoms with E-state index in [4.69, 9.17) is 5.73 Å². The van der Waals surface area contributed by atoms with Crippen LogP contribution in [-0.2, 0) is 0 Å². The van der Waals surface area contributed by atoms with Gasteiger partial charge in [0.25, 0.3) is 0 Å². The van der Waals surface area contributed by atoms with Crippen molar-refractivity contribution < 1.29 is 0 Å². The van der Waals surface area contributed by atoms with Gasteiger partial charge < -0.3 is 5.73 Å². The minimum Gasteiger partial charge on any atom is -0.383 e. The third kappa shape index (κ3) is 1.15. The number of nitrogens with two attached hydrogens (primary N) is 1. The summed E-state index contributed by atoms with van der Waals surface area (Å²) in [5, 5.41) is 0. The lowest BCUT2D eigenvalue weighted by Gasteiger charge is -2.06. The van der Waals surface area contributed by atoms with Crippen molar-refractivity contribution in [2.24, 2.45) is 0 Å². The van der Waals surface area contributed by atoms with Crippen LogP contribution in [0.3, 0.4) is 0 Å². The van der Waals surface area contributed by atoms with Crippen molar-refractivity contribution in [1.29, 1.82) is 0 Å². The third-order valence-electron chi connectivity index (χ3n) is 2.30. The lowest BCUT2D eigenvalue weighted by Crippen LogP contribution is -2.03. The second-order valence-electron chi connectivity index (χ2n) is 3.44. The van der Waals surface area contributed by atoms with Crippen molar-refractivity contribution in [3.05, 3.63) is 17.1 Å². The Kier molecular flexibility index (Phi) is 1.53. The molecule has 3 heteroatoms. The lowest BCUT2D eigenvalue weighted by atomic mass is 10.1.